The molecule has 1 atom stereocenters. The fourth-order valence-electron chi connectivity index (χ4n) is 1.71. The van der Waals surface area contributed by atoms with Crippen molar-refractivity contribution in [2.24, 2.45) is 0 Å². The smallest absolute Gasteiger partial charge is 0.258 e. The number of carbonyl (C=O) groups excluding carboxylic acids is 1. The first-order chi connectivity index (χ1) is 10.3. The van der Waals surface area contributed by atoms with E-state index in [1.807, 2.05) is 0 Å². The molecule has 2 N–H and O–H groups in total. The number of nitrogens with one attached hydrogen (secondary N) is 1. The predicted molar refractivity (Wildman–Crippen MR) is 74.7 cm³/mol. The van der Waals surface area contributed by atoms with E-state index in [1.165, 1.54) is 24.5 Å². The Kier molecular flexibility index (Phi) is 4.51. The third kappa shape index (κ3) is 3.11. The van der Waals surface area contributed by atoms with Crippen molar-refractivity contribution in [3.63, 3.8) is 0 Å². The van der Waals surface area contributed by atoms with Crippen LogP contribution in [0.2, 0.25) is 0 Å². The Bertz CT molecular complexity index is 780. The summed E-state index contributed by atoms with van der Waals surface area (Å²) >= 11 is 0. The fourth-order valence-corrected chi connectivity index (χ4v) is 2.27. The molecule has 2 rings (SSSR count). The van der Waals surface area contributed by atoms with Crippen LogP contribution in [-0.2, 0) is 10.8 Å². The third-order valence-corrected chi connectivity index (χ3v) is 3.72. The van der Waals surface area contributed by atoms with Crippen molar-refractivity contribution in [3.05, 3.63) is 53.3 Å². The van der Waals surface area contributed by atoms with Crippen LogP contribution in [0, 0.1) is 17.5 Å². The lowest BCUT2D eigenvalue weighted by Gasteiger charge is -2.09. The molecule has 0 aliphatic heterocycles. The Morgan fingerprint density at radius 1 is 1.18 bits per heavy atom. The SMILES string of the molecule is C[S@](=O)c1cccc(NC(=O)c2cc(F)c(F)c(O)c2F)c1. The van der Waals surface area contributed by atoms with Crippen LogP contribution in [0.4, 0.5) is 18.9 Å². The number of halogens is 3. The van der Waals surface area contributed by atoms with E-state index in [0.29, 0.717) is 11.0 Å². The molecule has 0 saturated carbocycles. The number of rotatable bonds is 3. The maximum Gasteiger partial charge on any atom is 0.258 e. The highest BCUT2D eigenvalue weighted by Crippen LogP contribution is 2.26. The minimum atomic E-state index is -1.77. The van der Waals surface area contributed by atoms with Gasteiger partial charge in [0.1, 0.15) is 0 Å². The average Bonchev–Trinajstić information content (AvgIpc) is 2.49. The van der Waals surface area contributed by atoms with Gasteiger partial charge in [-0.15, -0.1) is 0 Å². The summed E-state index contributed by atoms with van der Waals surface area (Å²) < 4.78 is 51.1. The highest BCUT2D eigenvalue weighted by Gasteiger charge is 2.22. The minimum absolute atomic E-state index is 0.196. The van der Waals surface area contributed by atoms with Crippen LogP contribution in [0.25, 0.3) is 0 Å². The molecule has 0 spiro atoms. The van der Waals surface area contributed by atoms with Gasteiger partial charge in [0.05, 0.1) is 5.56 Å². The standard InChI is InChI=1S/C14H10F3NO3S/c1-22(21)8-4-2-3-7(5-8)18-14(20)9-6-10(15)12(17)13(19)11(9)16/h2-6,19H,1H3,(H,18,20)/t22-/m0/s1. The molecule has 4 nitrogen and oxygen atoms in total. The Hall–Kier alpha value is -2.35. The maximum absolute atomic E-state index is 13.6. The number of phenols is 1. The van der Waals surface area contributed by atoms with Gasteiger partial charge in [0.25, 0.3) is 5.91 Å². The molecule has 0 radical (unpaired) electrons. The zero-order valence-corrected chi connectivity index (χ0v) is 12.0. The normalized spacial score (nSPS) is 12.0. The summed E-state index contributed by atoms with van der Waals surface area (Å²) in [5.74, 6) is -7.52. The highest BCUT2D eigenvalue weighted by molar-refractivity contribution is 7.84. The Morgan fingerprint density at radius 3 is 2.50 bits per heavy atom. The summed E-state index contributed by atoms with van der Waals surface area (Å²) in [5.41, 5.74) is -0.652. The topological polar surface area (TPSA) is 66.4 Å². The van der Waals surface area contributed by atoms with E-state index in [9.17, 15) is 22.2 Å². The van der Waals surface area contributed by atoms with Gasteiger partial charge in [-0.25, -0.2) is 8.78 Å². The van der Waals surface area contributed by atoms with Crippen LogP contribution >= 0.6 is 0 Å². The van der Waals surface area contributed by atoms with Crippen molar-refractivity contribution in [1.82, 2.24) is 0 Å². The molecule has 0 bridgehead atoms. The first-order valence-corrected chi connectivity index (χ1v) is 7.48. The van der Waals surface area contributed by atoms with Gasteiger partial charge in [-0.05, 0) is 24.3 Å². The van der Waals surface area contributed by atoms with Crippen molar-refractivity contribution < 1.29 is 27.3 Å². The first kappa shape index (κ1) is 16.0. The summed E-state index contributed by atoms with van der Waals surface area (Å²) in [4.78, 5) is 12.3. The molecule has 22 heavy (non-hydrogen) atoms. The summed E-state index contributed by atoms with van der Waals surface area (Å²) in [6, 6.07) is 6.28. The summed E-state index contributed by atoms with van der Waals surface area (Å²) in [6.45, 7) is 0. The van der Waals surface area contributed by atoms with Crippen LogP contribution in [0.15, 0.2) is 35.2 Å². The molecular formula is C14H10F3NO3S. The lowest BCUT2D eigenvalue weighted by Crippen LogP contribution is -2.15. The van der Waals surface area contributed by atoms with Gasteiger partial charge in [0.15, 0.2) is 17.4 Å². The number of anilines is 1. The predicted octanol–water partition coefficient (Wildman–Crippen LogP) is 2.80. The number of phenolic OH excluding ortho intramolecular Hbond substituents is 1. The molecule has 2 aromatic rings. The average molecular weight is 329 g/mol. The number of carbonyl (C=O) groups is 1. The Balaban J connectivity index is 2.34. The molecule has 0 saturated heterocycles. The van der Waals surface area contributed by atoms with Gasteiger partial charge >= 0.3 is 0 Å². The van der Waals surface area contributed by atoms with Crippen molar-refractivity contribution in [2.45, 2.75) is 4.90 Å². The van der Waals surface area contributed by atoms with E-state index in [1.54, 1.807) is 6.07 Å². The van der Waals surface area contributed by atoms with E-state index in [-0.39, 0.29) is 5.69 Å². The second-order valence-corrected chi connectivity index (χ2v) is 5.70. The molecule has 0 unspecified atom stereocenters. The molecule has 0 aliphatic carbocycles. The number of hydrogen-bond acceptors (Lipinski definition) is 3. The van der Waals surface area contributed by atoms with E-state index < -0.39 is 45.5 Å². The molecular weight excluding hydrogens is 319 g/mol. The summed E-state index contributed by atoms with van der Waals surface area (Å²) in [6.07, 6.45) is 1.44. The quantitative estimate of drug-likeness (QED) is 0.851. The Labute approximate surface area is 126 Å². The molecule has 0 heterocycles. The molecule has 0 fully saturated rings. The number of hydrogen-bond donors (Lipinski definition) is 2. The molecule has 116 valence electrons. The van der Waals surface area contributed by atoms with Crippen molar-refractivity contribution >= 4 is 22.4 Å². The van der Waals surface area contributed by atoms with E-state index in [0.717, 1.165) is 0 Å². The van der Waals surface area contributed by atoms with Gasteiger partial charge in [0.2, 0.25) is 5.82 Å². The van der Waals surface area contributed by atoms with Crippen LogP contribution < -0.4 is 5.32 Å². The minimum Gasteiger partial charge on any atom is -0.503 e. The van der Waals surface area contributed by atoms with E-state index in [4.69, 9.17) is 5.11 Å². The second kappa shape index (κ2) is 6.18. The van der Waals surface area contributed by atoms with Crippen LogP contribution in [0.5, 0.6) is 5.75 Å². The molecule has 0 aromatic heterocycles. The van der Waals surface area contributed by atoms with Crippen molar-refractivity contribution in [3.8, 4) is 5.75 Å². The van der Waals surface area contributed by atoms with Crippen molar-refractivity contribution in [1.29, 1.82) is 0 Å². The summed E-state index contributed by atoms with van der Waals surface area (Å²) in [7, 11) is -1.29. The zero-order valence-electron chi connectivity index (χ0n) is 11.2. The van der Waals surface area contributed by atoms with E-state index >= 15 is 0 Å². The van der Waals surface area contributed by atoms with Gasteiger partial charge in [-0.1, -0.05) is 6.07 Å². The lowest BCUT2D eigenvalue weighted by atomic mass is 10.1. The lowest BCUT2D eigenvalue weighted by molar-refractivity contribution is 0.102. The molecule has 0 aliphatic rings. The summed E-state index contributed by atoms with van der Waals surface area (Å²) in [5, 5.41) is 11.3. The highest BCUT2D eigenvalue weighted by atomic mass is 32.2. The zero-order chi connectivity index (χ0) is 16.4. The monoisotopic (exact) mass is 329 g/mol. The number of amides is 1. The van der Waals surface area contributed by atoms with Gasteiger partial charge in [0, 0.05) is 27.6 Å². The third-order valence-electron chi connectivity index (χ3n) is 2.80. The van der Waals surface area contributed by atoms with Crippen LogP contribution in [-0.4, -0.2) is 21.5 Å². The molecule has 8 heteroatoms. The van der Waals surface area contributed by atoms with Gasteiger partial charge in [-0.3, -0.25) is 9.00 Å². The number of aromatic hydroxyl groups is 1. The largest absolute Gasteiger partial charge is 0.503 e. The van der Waals surface area contributed by atoms with Crippen LogP contribution in [0.1, 0.15) is 10.4 Å². The van der Waals surface area contributed by atoms with Gasteiger partial charge < -0.3 is 10.4 Å². The second-order valence-electron chi connectivity index (χ2n) is 4.32. The molecule has 2 aromatic carbocycles. The molecule has 1 amide bonds. The first-order valence-electron chi connectivity index (χ1n) is 5.92. The fraction of sp³-hybridized carbons (Fsp3) is 0.0714. The maximum atomic E-state index is 13.6. The van der Waals surface area contributed by atoms with Crippen molar-refractivity contribution in [2.75, 3.05) is 11.6 Å². The Morgan fingerprint density at radius 2 is 1.86 bits per heavy atom. The van der Waals surface area contributed by atoms with Gasteiger partial charge in [-0.2, -0.15) is 4.39 Å². The number of benzene rings is 2. The van der Waals surface area contributed by atoms with E-state index in [2.05, 4.69) is 5.32 Å². The van der Waals surface area contributed by atoms with Crippen LogP contribution in [0.3, 0.4) is 0 Å².